The highest BCUT2D eigenvalue weighted by Crippen LogP contribution is 2.33. The Balaban J connectivity index is 2.49. The smallest absolute Gasteiger partial charge is 0.261 e. The molecule has 1 aliphatic rings. The molecule has 0 aliphatic carbocycles. The van der Waals surface area contributed by atoms with Crippen LogP contribution < -0.4 is 9.64 Å². The molecule has 0 fully saturated rings. The Morgan fingerprint density at radius 2 is 2.19 bits per heavy atom. The van der Waals surface area contributed by atoms with Crippen molar-refractivity contribution < 1.29 is 13.2 Å². The fraction of sp³-hybridized carbons (Fsp3) is 0.400. The van der Waals surface area contributed by atoms with Gasteiger partial charge in [0.15, 0.2) is 0 Å². The Bertz CT molecular complexity index is 501. The van der Waals surface area contributed by atoms with Crippen molar-refractivity contribution >= 4 is 25.4 Å². The SMILES string of the molecule is CN1CCCOc2cc(S(=O)(=O)Cl)ccc21. The molecule has 0 N–H and O–H groups in total. The van der Waals surface area contributed by atoms with E-state index in [2.05, 4.69) is 0 Å². The van der Waals surface area contributed by atoms with Gasteiger partial charge in [0, 0.05) is 30.3 Å². The monoisotopic (exact) mass is 261 g/mol. The number of anilines is 1. The number of halogens is 1. The van der Waals surface area contributed by atoms with Gasteiger partial charge in [-0.1, -0.05) is 0 Å². The van der Waals surface area contributed by atoms with E-state index in [0.717, 1.165) is 18.7 Å². The van der Waals surface area contributed by atoms with Gasteiger partial charge in [0.05, 0.1) is 17.2 Å². The number of benzene rings is 1. The third kappa shape index (κ3) is 2.25. The summed E-state index contributed by atoms with van der Waals surface area (Å²) in [7, 11) is 3.54. The van der Waals surface area contributed by atoms with Gasteiger partial charge in [0.1, 0.15) is 5.75 Å². The molecule has 88 valence electrons. The maximum Gasteiger partial charge on any atom is 0.261 e. The summed E-state index contributed by atoms with van der Waals surface area (Å²) >= 11 is 0. The minimum absolute atomic E-state index is 0.0724. The molecule has 6 heteroatoms. The lowest BCUT2D eigenvalue weighted by Crippen LogP contribution is -2.17. The topological polar surface area (TPSA) is 46.6 Å². The van der Waals surface area contributed by atoms with Crippen molar-refractivity contribution in [2.75, 3.05) is 25.1 Å². The van der Waals surface area contributed by atoms with E-state index in [4.69, 9.17) is 15.4 Å². The summed E-state index contributed by atoms with van der Waals surface area (Å²) in [6.07, 6.45) is 0.911. The second-order valence-electron chi connectivity index (χ2n) is 3.69. The maximum absolute atomic E-state index is 11.2. The second kappa shape index (κ2) is 4.14. The Labute approximate surface area is 99.2 Å². The molecule has 4 nitrogen and oxygen atoms in total. The highest BCUT2D eigenvalue weighted by atomic mass is 35.7. The average Bonchev–Trinajstić information content (AvgIpc) is 2.39. The molecular weight excluding hydrogens is 250 g/mol. The molecule has 16 heavy (non-hydrogen) atoms. The molecule has 0 spiro atoms. The highest BCUT2D eigenvalue weighted by molar-refractivity contribution is 8.13. The van der Waals surface area contributed by atoms with Gasteiger partial charge in [0.2, 0.25) is 0 Å². The molecule has 0 atom stereocenters. The number of hydrogen-bond acceptors (Lipinski definition) is 4. The number of hydrogen-bond donors (Lipinski definition) is 0. The first kappa shape index (κ1) is 11.5. The minimum Gasteiger partial charge on any atom is -0.491 e. The summed E-state index contributed by atoms with van der Waals surface area (Å²) < 4.78 is 27.9. The van der Waals surface area contributed by atoms with Gasteiger partial charge >= 0.3 is 0 Å². The summed E-state index contributed by atoms with van der Waals surface area (Å²) in [6, 6.07) is 4.68. The zero-order valence-electron chi connectivity index (χ0n) is 8.81. The first-order valence-electron chi connectivity index (χ1n) is 4.91. The Morgan fingerprint density at radius 3 is 2.88 bits per heavy atom. The van der Waals surface area contributed by atoms with Crippen LogP contribution in [0.3, 0.4) is 0 Å². The van der Waals surface area contributed by atoms with Crippen LogP contribution in [0.2, 0.25) is 0 Å². The summed E-state index contributed by atoms with van der Waals surface area (Å²) in [5.74, 6) is 0.571. The normalized spacial score (nSPS) is 16.2. The summed E-state index contributed by atoms with van der Waals surface area (Å²) in [6.45, 7) is 1.48. The van der Waals surface area contributed by atoms with Crippen molar-refractivity contribution in [2.45, 2.75) is 11.3 Å². The third-order valence-corrected chi connectivity index (χ3v) is 3.87. The van der Waals surface area contributed by atoms with Gasteiger partial charge in [-0.25, -0.2) is 8.42 Å². The number of nitrogens with zero attached hydrogens (tertiary/aromatic N) is 1. The van der Waals surface area contributed by atoms with Crippen molar-refractivity contribution in [3.05, 3.63) is 18.2 Å². The molecule has 0 aromatic heterocycles. The van der Waals surface area contributed by atoms with Crippen LogP contribution >= 0.6 is 10.7 Å². The van der Waals surface area contributed by atoms with Gasteiger partial charge in [-0.3, -0.25) is 0 Å². The van der Waals surface area contributed by atoms with Crippen LogP contribution in [-0.4, -0.2) is 28.6 Å². The average molecular weight is 262 g/mol. The van der Waals surface area contributed by atoms with Crippen LogP contribution in [0.25, 0.3) is 0 Å². The van der Waals surface area contributed by atoms with E-state index in [1.54, 1.807) is 6.07 Å². The first-order valence-corrected chi connectivity index (χ1v) is 7.22. The Morgan fingerprint density at radius 1 is 1.44 bits per heavy atom. The predicted molar refractivity (Wildman–Crippen MR) is 62.9 cm³/mol. The van der Waals surface area contributed by atoms with Crippen LogP contribution in [0.4, 0.5) is 5.69 Å². The first-order chi connectivity index (χ1) is 7.48. The van der Waals surface area contributed by atoms with E-state index < -0.39 is 9.05 Å². The third-order valence-electron chi connectivity index (χ3n) is 2.52. The quantitative estimate of drug-likeness (QED) is 0.724. The molecule has 0 radical (unpaired) electrons. The Hall–Kier alpha value is -0.940. The van der Waals surface area contributed by atoms with E-state index in [0.29, 0.717) is 12.4 Å². The van der Waals surface area contributed by atoms with E-state index in [1.807, 2.05) is 11.9 Å². The predicted octanol–water partition coefficient (Wildman–Crippen LogP) is 1.83. The second-order valence-corrected chi connectivity index (χ2v) is 6.26. The number of rotatable bonds is 1. The van der Waals surface area contributed by atoms with E-state index in [1.165, 1.54) is 12.1 Å². The van der Waals surface area contributed by atoms with Gasteiger partial charge in [-0.2, -0.15) is 0 Å². The van der Waals surface area contributed by atoms with Crippen molar-refractivity contribution in [1.29, 1.82) is 0 Å². The fourth-order valence-corrected chi connectivity index (χ4v) is 2.45. The lowest BCUT2D eigenvalue weighted by molar-refractivity contribution is 0.322. The standard InChI is InChI=1S/C10H12ClNO3S/c1-12-5-2-6-15-10-7-8(16(11,13)14)3-4-9(10)12/h3-4,7H,2,5-6H2,1H3. The molecule has 2 rings (SSSR count). The van der Waals surface area contributed by atoms with Crippen molar-refractivity contribution in [2.24, 2.45) is 0 Å². The number of fused-ring (bicyclic) bond motifs is 1. The molecule has 0 saturated carbocycles. The van der Waals surface area contributed by atoms with Crippen LogP contribution in [0.5, 0.6) is 5.75 Å². The van der Waals surface area contributed by atoms with E-state index >= 15 is 0 Å². The minimum atomic E-state index is -3.69. The molecule has 0 unspecified atom stereocenters. The largest absolute Gasteiger partial charge is 0.491 e. The fourth-order valence-electron chi connectivity index (χ4n) is 1.68. The Kier molecular flexibility index (Phi) is 2.99. The summed E-state index contributed by atoms with van der Waals surface area (Å²) in [5, 5.41) is 0. The van der Waals surface area contributed by atoms with Crippen LogP contribution in [0.1, 0.15) is 6.42 Å². The van der Waals surface area contributed by atoms with Gasteiger partial charge in [-0.15, -0.1) is 0 Å². The van der Waals surface area contributed by atoms with Crippen molar-refractivity contribution in [1.82, 2.24) is 0 Å². The van der Waals surface area contributed by atoms with Crippen molar-refractivity contribution in [3.63, 3.8) is 0 Å². The zero-order valence-corrected chi connectivity index (χ0v) is 10.4. The molecule has 0 bridgehead atoms. The molecule has 1 aromatic carbocycles. The lowest BCUT2D eigenvalue weighted by Gasteiger charge is -2.17. The number of ether oxygens (including phenoxy) is 1. The van der Waals surface area contributed by atoms with Crippen molar-refractivity contribution in [3.8, 4) is 5.75 Å². The zero-order chi connectivity index (χ0) is 11.8. The van der Waals surface area contributed by atoms with Crippen LogP contribution in [-0.2, 0) is 9.05 Å². The van der Waals surface area contributed by atoms with E-state index in [-0.39, 0.29) is 4.90 Å². The van der Waals surface area contributed by atoms with E-state index in [9.17, 15) is 8.42 Å². The van der Waals surface area contributed by atoms with Gasteiger partial charge < -0.3 is 9.64 Å². The molecular formula is C10H12ClNO3S. The van der Waals surface area contributed by atoms with Crippen LogP contribution in [0.15, 0.2) is 23.1 Å². The maximum atomic E-state index is 11.2. The lowest BCUT2D eigenvalue weighted by atomic mass is 10.2. The highest BCUT2D eigenvalue weighted by Gasteiger charge is 2.17. The van der Waals surface area contributed by atoms with Gasteiger partial charge in [-0.05, 0) is 18.6 Å². The summed E-state index contributed by atoms with van der Waals surface area (Å²) in [4.78, 5) is 2.11. The van der Waals surface area contributed by atoms with Crippen LogP contribution in [0, 0.1) is 0 Å². The molecule has 0 amide bonds. The molecule has 1 heterocycles. The summed E-state index contributed by atoms with van der Waals surface area (Å²) in [5.41, 5.74) is 0.890. The molecule has 1 aliphatic heterocycles. The molecule has 1 aromatic rings. The van der Waals surface area contributed by atoms with Gasteiger partial charge in [0.25, 0.3) is 9.05 Å². The molecule has 0 saturated heterocycles.